The van der Waals surface area contributed by atoms with E-state index < -0.39 is 17.3 Å². The van der Waals surface area contributed by atoms with E-state index in [1.165, 1.54) is 30.8 Å². The van der Waals surface area contributed by atoms with Crippen molar-refractivity contribution in [2.24, 2.45) is 0 Å². The van der Waals surface area contributed by atoms with Crippen LogP contribution in [0.4, 0.5) is 5.69 Å². The number of aromatic hydroxyl groups is 1. The highest BCUT2D eigenvalue weighted by Crippen LogP contribution is 2.35. The normalized spacial score (nSPS) is 12.4. The molecule has 2 aromatic rings. The fraction of sp³-hybridized carbons (Fsp3) is 0.182. The van der Waals surface area contributed by atoms with Gasteiger partial charge in [0.1, 0.15) is 22.6 Å². The number of nitrogens with one attached hydrogen (secondary N) is 1. The molecule has 18 heavy (non-hydrogen) atoms. The fourth-order valence-corrected chi connectivity index (χ4v) is 2.98. The molecule has 0 amide bonds. The number of esters is 1. The fourth-order valence-electron chi connectivity index (χ4n) is 1.51. The highest BCUT2D eigenvalue weighted by Gasteiger charge is 2.14. The number of carbonyl (C=O) groups is 1. The summed E-state index contributed by atoms with van der Waals surface area (Å²) in [5, 5.41) is 10.5. The van der Waals surface area contributed by atoms with Gasteiger partial charge in [-0.15, -0.1) is 11.3 Å². The summed E-state index contributed by atoms with van der Waals surface area (Å²) < 4.78 is 19.1. The number of carbonyl (C=O) groups excluding carboxylic acids is 1. The Morgan fingerprint density at radius 2 is 2.22 bits per heavy atom. The zero-order valence-electron chi connectivity index (χ0n) is 9.72. The number of hydrogen-bond donors (Lipinski definition) is 2. The van der Waals surface area contributed by atoms with E-state index in [2.05, 4.69) is 9.46 Å². The van der Waals surface area contributed by atoms with Gasteiger partial charge in [0.15, 0.2) is 0 Å². The molecule has 0 spiro atoms. The Balaban J connectivity index is 2.47. The van der Waals surface area contributed by atoms with Crippen LogP contribution in [0.25, 0.3) is 10.1 Å². The van der Waals surface area contributed by atoms with E-state index in [1.54, 1.807) is 12.1 Å². The topological polar surface area (TPSA) is 81.6 Å². The predicted octanol–water partition coefficient (Wildman–Crippen LogP) is 2.10. The molecule has 0 aliphatic rings. The lowest BCUT2D eigenvalue weighted by atomic mass is 10.2. The van der Waals surface area contributed by atoms with Crippen LogP contribution in [0.2, 0.25) is 0 Å². The molecule has 0 bridgehead atoms. The summed E-state index contributed by atoms with van der Waals surface area (Å²) in [7, 11) is 1.32. The van der Waals surface area contributed by atoms with Crippen LogP contribution in [0, 0.1) is 0 Å². The molecule has 0 fully saturated rings. The van der Waals surface area contributed by atoms with Gasteiger partial charge in [-0.05, 0) is 17.5 Å². The number of anilines is 1. The first kappa shape index (κ1) is 13.0. The molecule has 7 heteroatoms. The third kappa shape index (κ3) is 2.53. The SMILES string of the molecule is COC(=O)c1cc2cc(N[S+](C)[O-])c(O)cc2s1. The van der Waals surface area contributed by atoms with Crippen LogP contribution in [0.5, 0.6) is 5.75 Å². The third-order valence-corrected chi connectivity index (χ3v) is 3.86. The van der Waals surface area contributed by atoms with Gasteiger partial charge in [-0.25, -0.2) is 9.52 Å². The number of thiophene rings is 1. The van der Waals surface area contributed by atoms with E-state index in [1.807, 2.05) is 0 Å². The van der Waals surface area contributed by atoms with Gasteiger partial charge in [-0.3, -0.25) is 0 Å². The molecule has 1 atom stereocenters. The highest BCUT2D eigenvalue weighted by atomic mass is 32.2. The van der Waals surface area contributed by atoms with Crippen molar-refractivity contribution in [1.82, 2.24) is 0 Å². The van der Waals surface area contributed by atoms with Crippen molar-refractivity contribution in [3.63, 3.8) is 0 Å². The zero-order chi connectivity index (χ0) is 13.3. The Hall–Kier alpha value is -1.44. The Morgan fingerprint density at radius 3 is 2.83 bits per heavy atom. The molecule has 2 N–H and O–H groups in total. The number of phenolic OH excluding ortho intramolecular Hbond substituents is 1. The highest BCUT2D eigenvalue weighted by molar-refractivity contribution is 7.92. The smallest absolute Gasteiger partial charge is 0.348 e. The average Bonchev–Trinajstić information content (AvgIpc) is 2.70. The summed E-state index contributed by atoms with van der Waals surface area (Å²) >= 11 is -0.0380. The molecular weight excluding hydrogens is 274 g/mol. The monoisotopic (exact) mass is 285 g/mol. The maximum absolute atomic E-state index is 11.4. The summed E-state index contributed by atoms with van der Waals surface area (Å²) in [5.74, 6) is -0.416. The maximum atomic E-state index is 11.4. The van der Waals surface area contributed by atoms with E-state index in [0.29, 0.717) is 10.6 Å². The zero-order valence-corrected chi connectivity index (χ0v) is 11.4. The molecule has 1 aromatic carbocycles. The number of fused-ring (bicyclic) bond motifs is 1. The number of ether oxygens (including phenoxy) is 1. The van der Waals surface area contributed by atoms with Gasteiger partial charge in [0.25, 0.3) is 0 Å². The quantitative estimate of drug-likeness (QED) is 0.513. The molecular formula is C11H11NO4S2. The van der Waals surface area contributed by atoms with Crippen LogP contribution < -0.4 is 4.72 Å². The van der Waals surface area contributed by atoms with Crippen LogP contribution in [-0.2, 0) is 16.1 Å². The van der Waals surface area contributed by atoms with Crippen molar-refractivity contribution in [2.45, 2.75) is 0 Å². The van der Waals surface area contributed by atoms with Gasteiger partial charge in [-0.1, -0.05) is 0 Å². The first-order chi connectivity index (χ1) is 8.51. The molecule has 1 heterocycles. The molecule has 0 saturated carbocycles. The van der Waals surface area contributed by atoms with Crippen LogP contribution in [0.1, 0.15) is 9.67 Å². The summed E-state index contributed by atoms with van der Waals surface area (Å²) in [4.78, 5) is 11.9. The molecule has 2 rings (SSSR count). The minimum Gasteiger partial charge on any atom is -0.593 e. The lowest BCUT2D eigenvalue weighted by Gasteiger charge is -2.08. The molecule has 0 aliphatic heterocycles. The van der Waals surface area contributed by atoms with E-state index in [4.69, 9.17) is 0 Å². The first-order valence-corrected chi connectivity index (χ1v) is 7.33. The molecule has 96 valence electrons. The second-order valence-electron chi connectivity index (χ2n) is 3.57. The second-order valence-corrected chi connectivity index (χ2v) is 5.76. The molecule has 0 saturated heterocycles. The summed E-state index contributed by atoms with van der Waals surface area (Å²) in [5.41, 5.74) is 0.373. The van der Waals surface area contributed by atoms with Gasteiger partial charge in [0.2, 0.25) is 0 Å². The number of phenols is 1. The second kappa shape index (κ2) is 5.05. The van der Waals surface area contributed by atoms with Crippen LogP contribution in [-0.4, -0.2) is 29.0 Å². The van der Waals surface area contributed by atoms with Crippen molar-refractivity contribution in [3.8, 4) is 5.75 Å². The van der Waals surface area contributed by atoms with Crippen LogP contribution in [0.3, 0.4) is 0 Å². The van der Waals surface area contributed by atoms with E-state index in [-0.39, 0.29) is 5.75 Å². The molecule has 1 unspecified atom stereocenters. The summed E-state index contributed by atoms with van der Waals surface area (Å²) in [6, 6.07) is 4.85. The third-order valence-electron chi connectivity index (χ3n) is 2.27. The number of methoxy groups -OCH3 is 1. The lowest BCUT2D eigenvalue weighted by Crippen LogP contribution is -2.09. The number of rotatable bonds is 3. The van der Waals surface area contributed by atoms with Gasteiger partial charge in [0.05, 0.1) is 18.5 Å². The number of hydrogen-bond acceptors (Lipinski definition) is 6. The Kier molecular flexibility index (Phi) is 3.65. The van der Waals surface area contributed by atoms with Crippen LogP contribution in [0.15, 0.2) is 18.2 Å². The van der Waals surface area contributed by atoms with E-state index >= 15 is 0 Å². The predicted molar refractivity (Wildman–Crippen MR) is 72.5 cm³/mol. The van der Waals surface area contributed by atoms with Gasteiger partial charge in [-0.2, -0.15) is 0 Å². The average molecular weight is 285 g/mol. The Labute approximate surface area is 111 Å². The molecule has 0 radical (unpaired) electrons. The van der Waals surface area contributed by atoms with Gasteiger partial charge < -0.3 is 14.4 Å². The van der Waals surface area contributed by atoms with Crippen molar-refractivity contribution in [3.05, 3.63) is 23.1 Å². The van der Waals surface area contributed by atoms with Crippen LogP contribution >= 0.6 is 11.3 Å². The molecule has 1 aromatic heterocycles. The Bertz CT molecular complexity index is 594. The van der Waals surface area contributed by atoms with Gasteiger partial charge >= 0.3 is 5.97 Å². The van der Waals surface area contributed by atoms with Gasteiger partial charge in [0, 0.05) is 10.8 Å². The van der Waals surface area contributed by atoms with E-state index in [0.717, 1.165) is 10.1 Å². The summed E-state index contributed by atoms with van der Waals surface area (Å²) in [6.07, 6.45) is 1.47. The van der Waals surface area contributed by atoms with E-state index in [9.17, 15) is 14.5 Å². The molecule has 0 aliphatic carbocycles. The largest absolute Gasteiger partial charge is 0.593 e. The van der Waals surface area contributed by atoms with Crippen molar-refractivity contribution >= 4 is 44.4 Å². The van der Waals surface area contributed by atoms with Crippen molar-refractivity contribution < 1.29 is 19.2 Å². The standard InChI is InChI=1S/C11H11NO4S2/c1-16-11(14)10-4-6-3-7(12-18(2)15)8(13)5-9(6)17-10/h3-5,12-13H,1-2H3. The molecule has 5 nitrogen and oxygen atoms in total. The minimum absolute atomic E-state index is 0.00374. The van der Waals surface area contributed by atoms with Crippen molar-refractivity contribution in [2.75, 3.05) is 18.1 Å². The lowest BCUT2D eigenvalue weighted by molar-refractivity contribution is 0.0606. The Morgan fingerprint density at radius 1 is 1.50 bits per heavy atom. The minimum atomic E-state index is -1.27. The maximum Gasteiger partial charge on any atom is 0.348 e. The first-order valence-electron chi connectivity index (χ1n) is 4.96. The summed E-state index contributed by atoms with van der Waals surface area (Å²) in [6.45, 7) is 0. The number of benzene rings is 1. The van der Waals surface area contributed by atoms with Crippen molar-refractivity contribution in [1.29, 1.82) is 0 Å².